The van der Waals surface area contributed by atoms with Gasteiger partial charge in [-0.3, -0.25) is 4.98 Å². The Kier molecular flexibility index (Phi) is 2.65. The van der Waals surface area contributed by atoms with E-state index in [4.69, 9.17) is 10.5 Å². The van der Waals surface area contributed by atoms with Gasteiger partial charge in [0.2, 0.25) is 0 Å². The summed E-state index contributed by atoms with van der Waals surface area (Å²) in [7, 11) is 1.75. The van der Waals surface area contributed by atoms with Gasteiger partial charge in [-0.05, 0) is 6.07 Å². The zero-order valence-corrected chi connectivity index (χ0v) is 8.31. The number of hydrogen-bond acceptors (Lipinski definition) is 4. The lowest BCUT2D eigenvalue weighted by molar-refractivity contribution is 0.0786. The summed E-state index contributed by atoms with van der Waals surface area (Å²) in [6, 6.07) is 2.01. The molecule has 0 unspecified atom stereocenters. The molecule has 0 aliphatic carbocycles. The molecule has 76 valence electrons. The zero-order chi connectivity index (χ0) is 9.97. The lowest BCUT2D eigenvalue weighted by atomic mass is 10.1. The van der Waals surface area contributed by atoms with Crippen LogP contribution in [0.5, 0.6) is 0 Å². The second-order valence-corrected chi connectivity index (χ2v) is 3.47. The zero-order valence-electron chi connectivity index (χ0n) is 8.31. The van der Waals surface area contributed by atoms with E-state index < -0.39 is 0 Å². The predicted octanol–water partition coefficient (Wildman–Crippen LogP) is 0.375. The summed E-state index contributed by atoms with van der Waals surface area (Å²) >= 11 is 0. The minimum atomic E-state index is 0.369. The first-order valence-corrected chi connectivity index (χ1v) is 4.76. The van der Waals surface area contributed by atoms with Gasteiger partial charge in [-0.2, -0.15) is 0 Å². The Balaban J connectivity index is 2.10. The van der Waals surface area contributed by atoms with Gasteiger partial charge in [-0.25, -0.2) is 0 Å². The lowest BCUT2D eigenvalue weighted by Gasteiger charge is -2.40. The average Bonchev–Trinajstić information content (AvgIpc) is 2.17. The summed E-state index contributed by atoms with van der Waals surface area (Å²) < 4.78 is 5.22. The summed E-state index contributed by atoms with van der Waals surface area (Å²) in [5.74, 6) is 0. The molecule has 1 fully saturated rings. The van der Waals surface area contributed by atoms with Crippen LogP contribution in [0.4, 0.5) is 5.69 Å². The van der Waals surface area contributed by atoms with Crippen LogP contribution >= 0.6 is 0 Å². The number of anilines is 1. The summed E-state index contributed by atoms with van der Waals surface area (Å²) in [6.45, 7) is 2.44. The molecule has 1 aliphatic rings. The van der Waals surface area contributed by atoms with Crippen molar-refractivity contribution in [2.75, 3.05) is 25.1 Å². The molecule has 1 aromatic rings. The molecule has 4 heteroatoms. The largest absolute Gasteiger partial charge is 0.378 e. The van der Waals surface area contributed by atoms with Crippen LogP contribution in [0, 0.1) is 0 Å². The van der Waals surface area contributed by atoms with E-state index in [2.05, 4.69) is 9.88 Å². The minimum absolute atomic E-state index is 0.369. The molecule has 2 heterocycles. The van der Waals surface area contributed by atoms with E-state index in [1.54, 1.807) is 13.3 Å². The van der Waals surface area contributed by atoms with Crippen molar-refractivity contribution in [3.05, 3.63) is 24.0 Å². The van der Waals surface area contributed by atoms with Crippen molar-refractivity contribution in [1.82, 2.24) is 4.98 Å². The van der Waals surface area contributed by atoms with Gasteiger partial charge in [0, 0.05) is 50.4 Å². The molecule has 2 rings (SSSR count). The minimum Gasteiger partial charge on any atom is -0.378 e. The van der Waals surface area contributed by atoms with Crippen LogP contribution in [0.2, 0.25) is 0 Å². The third kappa shape index (κ3) is 1.58. The van der Waals surface area contributed by atoms with Crippen molar-refractivity contribution < 1.29 is 4.74 Å². The van der Waals surface area contributed by atoms with Crippen LogP contribution < -0.4 is 10.6 Å². The maximum absolute atomic E-state index is 5.64. The van der Waals surface area contributed by atoms with E-state index in [-0.39, 0.29) is 0 Å². The number of aromatic nitrogens is 1. The molecule has 2 N–H and O–H groups in total. The smallest absolute Gasteiger partial charge is 0.0920 e. The van der Waals surface area contributed by atoms with Crippen LogP contribution in [0.15, 0.2) is 18.5 Å². The highest BCUT2D eigenvalue weighted by Gasteiger charge is 2.27. The standard InChI is InChI=1S/C10H15N3O/c1-14-9-6-13(7-9)10-2-3-12-5-8(10)4-11/h2-3,5,9H,4,6-7,11H2,1H3. The molecule has 0 amide bonds. The van der Waals surface area contributed by atoms with Gasteiger partial charge in [0.1, 0.15) is 0 Å². The number of nitrogens with zero attached hydrogens (tertiary/aromatic N) is 2. The van der Waals surface area contributed by atoms with E-state index in [0.717, 1.165) is 18.7 Å². The van der Waals surface area contributed by atoms with Crippen molar-refractivity contribution in [3.63, 3.8) is 0 Å². The molecule has 1 aliphatic heterocycles. The summed E-state index contributed by atoms with van der Waals surface area (Å²) in [4.78, 5) is 6.32. The SMILES string of the molecule is COC1CN(c2ccncc2CN)C1. The Bertz CT molecular complexity index is 310. The van der Waals surface area contributed by atoms with Crippen molar-refractivity contribution in [1.29, 1.82) is 0 Å². The van der Waals surface area contributed by atoms with E-state index >= 15 is 0 Å². The maximum Gasteiger partial charge on any atom is 0.0920 e. The van der Waals surface area contributed by atoms with E-state index in [0.29, 0.717) is 12.6 Å². The number of rotatable bonds is 3. The van der Waals surface area contributed by atoms with Gasteiger partial charge in [-0.15, -0.1) is 0 Å². The topological polar surface area (TPSA) is 51.4 Å². The molecular formula is C10H15N3O. The number of nitrogens with two attached hydrogens (primary N) is 1. The van der Waals surface area contributed by atoms with Crippen molar-refractivity contribution >= 4 is 5.69 Å². The average molecular weight is 193 g/mol. The van der Waals surface area contributed by atoms with E-state index in [1.807, 2.05) is 12.3 Å². The number of hydrogen-bond donors (Lipinski definition) is 1. The fraction of sp³-hybridized carbons (Fsp3) is 0.500. The molecule has 0 bridgehead atoms. The number of methoxy groups -OCH3 is 1. The van der Waals surface area contributed by atoms with Crippen molar-refractivity contribution in [2.45, 2.75) is 12.6 Å². The Morgan fingerprint density at radius 2 is 2.43 bits per heavy atom. The summed E-state index contributed by atoms with van der Waals surface area (Å²) in [6.07, 6.45) is 4.00. The number of ether oxygens (including phenoxy) is 1. The van der Waals surface area contributed by atoms with Crippen LogP contribution in [-0.2, 0) is 11.3 Å². The van der Waals surface area contributed by atoms with Crippen LogP contribution in [0.1, 0.15) is 5.56 Å². The quantitative estimate of drug-likeness (QED) is 0.753. The highest BCUT2D eigenvalue weighted by atomic mass is 16.5. The van der Waals surface area contributed by atoms with Gasteiger partial charge in [-0.1, -0.05) is 0 Å². The Morgan fingerprint density at radius 1 is 1.64 bits per heavy atom. The maximum atomic E-state index is 5.64. The third-order valence-corrected chi connectivity index (χ3v) is 2.62. The van der Waals surface area contributed by atoms with Crippen LogP contribution in [-0.4, -0.2) is 31.3 Å². The highest BCUT2D eigenvalue weighted by molar-refractivity contribution is 5.54. The molecule has 14 heavy (non-hydrogen) atoms. The number of pyridine rings is 1. The van der Waals surface area contributed by atoms with E-state index in [1.165, 1.54) is 5.69 Å². The first-order chi connectivity index (χ1) is 6.85. The molecule has 1 saturated heterocycles. The molecule has 0 aromatic carbocycles. The molecule has 0 atom stereocenters. The molecule has 1 aromatic heterocycles. The summed E-state index contributed by atoms with van der Waals surface area (Å²) in [5, 5.41) is 0. The predicted molar refractivity (Wildman–Crippen MR) is 55.1 cm³/mol. The van der Waals surface area contributed by atoms with Crippen LogP contribution in [0.25, 0.3) is 0 Å². The van der Waals surface area contributed by atoms with E-state index in [9.17, 15) is 0 Å². The Hall–Kier alpha value is -1.13. The van der Waals surface area contributed by atoms with Gasteiger partial charge in [0.15, 0.2) is 0 Å². The monoisotopic (exact) mass is 193 g/mol. The Morgan fingerprint density at radius 3 is 3.07 bits per heavy atom. The second-order valence-electron chi connectivity index (χ2n) is 3.47. The highest BCUT2D eigenvalue weighted by Crippen LogP contribution is 2.24. The molecule has 0 spiro atoms. The second kappa shape index (κ2) is 3.94. The van der Waals surface area contributed by atoms with Gasteiger partial charge < -0.3 is 15.4 Å². The lowest BCUT2D eigenvalue weighted by Crippen LogP contribution is -2.52. The van der Waals surface area contributed by atoms with Crippen LogP contribution in [0.3, 0.4) is 0 Å². The fourth-order valence-corrected chi connectivity index (χ4v) is 1.67. The molecule has 4 nitrogen and oxygen atoms in total. The summed E-state index contributed by atoms with van der Waals surface area (Å²) in [5.41, 5.74) is 7.93. The van der Waals surface area contributed by atoms with Crippen molar-refractivity contribution in [2.24, 2.45) is 5.73 Å². The Labute approximate surface area is 83.7 Å². The molecule has 0 radical (unpaired) electrons. The normalized spacial score (nSPS) is 16.9. The van der Waals surface area contributed by atoms with Gasteiger partial charge in [0.05, 0.1) is 6.10 Å². The first kappa shape index (κ1) is 9.43. The van der Waals surface area contributed by atoms with Crippen molar-refractivity contribution in [3.8, 4) is 0 Å². The molecule has 0 saturated carbocycles. The molecular weight excluding hydrogens is 178 g/mol. The third-order valence-electron chi connectivity index (χ3n) is 2.62. The van der Waals surface area contributed by atoms with Gasteiger partial charge >= 0.3 is 0 Å². The fourth-order valence-electron chi connectivity index (χ4n) is 1.67. The first-order valence-electron chi connectivity index (χ1n) is 4.76. The van der Waals surface area contributed by atoms with Gasteiger partial charge in [0.25, 0.3) is 0 Å².